The lowest BCUT2D eigenvalue weighted by Crippen LogP contribution is -2.50. The maximum absolute atomic E-state index is 13.5. The van der Waals surface area contributed by atoms with Crippen LogP contribution < -0.4 is 0 Å². The van der Waals surface area contributed by atoms with E-state index >= 15 is 0 Å². The third-order valence-corrected chi connectivity index (χ3v) is 6.63. The van der Waals surface area contributed by atoms with E-state index in [2.05, 4.69) is 0 Å². The van der Waals surface area contributed by atoms with E-state index < -0.39 is 17.7 Å². The first-order valence-corrected chi connectivity index (χ1v) is 10.9. The minimum Gasteiger partial charge on any atom is -0.272 e. The number of nitrogens with zero attached hydrogens (tertiary/aromatic N) is 2. The summed E-state index contributed by atoms with van der Waals surface area (Å²) < 4.78 is 0. The molecule has 0 bridgehead atoms. The van der Waals surface area contributed by atoms with Crippen LogP contribution in [0.1, 0.15) is 35.7 Å². The van der Waals surface area contributed by atoms with Crippen molar-refractivity contribution in [2.24, 2.45) is 11.8 Å². The van der Waals surface area contributed by atoms with Crippen LogP contribution in [0.4, 0.5) is 0 Å². The lowest BCUT2D eigenvalue weighted by molar-refractivity contribution is -0.155. The average molecular weight is 478 g/mol. The van der Waals surface area contributed by atoms with Crippen molar-refractivity contribution < 1.29 is 14.4 Å². The van der Waals surface area contributed by atoms with Gasteiger partial charge in [-0.2, -0.15) is 5.01 Å². The summed E-state index contributed by atoms with van der Waals surface area (Å²) in [7, 11) is 0. The van der Waals surface area contributed by atoms with Gasteiger partial charge in [0.2, 0.25) is 0 Å². The van der Waals surface area contributed by atoms with Gasteiger partial charge in [-0.15, -0.1) is 0 Å². The molecule has 31 heavy (non-hydrogen) atoms. The fraction of sp³-hybridized carbons (Fsp3) is 0.261. The lowest BCUT2D eigenvalue weighted by Gasteiger charge is -2.31. The summed E-state index contributed by atoms with van der Waals surface area (Å²) in [5.41, 5.74) is 1.81. The molecule has 0 N–H and O–H groups in total. The fourth-order valence-corrected chi connectivity index (χ4v) is 4.76. The predicted octanol–water partition coefficient (Wildman–Crippen LogP) is 5.55. The molecule has 0 aromatic heterocycles. The zero-order valence-electron chi connectivity index (χ0n) is 16.6. The highest BCUT2D eigenvalue weighted by molar-refractivity contribution is 6.35. The van der Waals surface area contributed by atoms with Crippen LogP contribution in [-0.2, 0) is 16.1 Å². The van der Waals surface area contributed by atoms with E-state index in [9.17, 15) is 14.4 Å². The summed E-state index contributed by atoms with van der Waals surface area (Å²) in [5, 5.41) is 3.14. The normalized spacial score (nSPS) is 20.5. The van der Waals surface area contributed by atoms with Crippen LogP contribution in [0.2, 0.25) is 15.1 Å². The van der Waals surface area contributed by atoms with Crippen LogP contribution in [0.5, 0.6) is 0 Å². The number of allylic oxidation sites excluding steroid dienone is 2. The highest BCUT2D eigenvalue weighted by atomic mass is 35.5. The number of imide groups is 1. The number of hydrogen-bond donors (Lipinski definition) is 0. The third kappa shape index (κ3) is 4.10. The van der Waals surface area contributed by atoms with Crippen molar-refractivity contribution in [3.05, 3.63) is 80.3 Å². The first-order chi connectivity index (χ1) is 14.8. The number of amides is 3. The third-order valence-electron chi connectivity index (χ3n) is 5.72. The summed E-state index contributed by atoms with van der Waals surface area (Å²) in [6.07, 6.45) is 2.96. The molecular formula is C23H19Cl3N2O3. The van der Waals surface area contributed by atoms with Crippen molar-refractivity contribution >= 4 is 52.5 Å². The molecule has 1 aliphatic carbocycles. The molecule has 160 valence electrons. The molecule has 0 unspecified atom stereocenters. The summed E-state index contributed by atoms with van der Waals surface area (Å²) >= 11 is 18.6. The largest absolute Gasteiger partial charge is 0.274 e. The topological polar surface area (TPSA) is 57.7 Å². The predicted molar refractivity (Wildman–Crippen MR) is 120 cm³/mol. The minimum absolute atomic E-state index is 0.0800. The Morgan fingerprint density at radius 1 is 1.03 bits per heavy atom. The van der Waals surface area contributed by atoms with Crippen molar-refractivity contribution in [3.8, 4) is 0 Å². The molecule has 2 aromatic rings. The van der Waals surface area contributed by atoms with Crippen molar-refractivity contribution in [2.75, 3.05) is 0 Å². The van der Waals surface area contributed by atoms with Gasteiger partial charge in [-0.3, -0.25) is 14.4 Å². The zero-order valence-corrected chi connectivity index (χ0v) is 18.9. The number of carbonyl (C=O) groups excluding carboxylic acids is 3. The second kappa shape index (κ2) is 8.65. The second-order valence-corrected chi connectivity index (χ2v) is 9.02. The highest BCUT2D eigenvalue weighted by Gasteiger charge is 2.51. The number of carbonyl (C=O) groups is 3. The van der Waals surface area contributed by atoms with Crippen LogP contribution >= 0.6 is 34.8 Å². The molecule has 5 nitrogen and oxygen atoms in total. The molecule has 3 amide bonds. The molecule has 2 atom stereocenters. The van der Waals surface area contributed by atoms with Crippen LogP contribution in [0.15, 0.2) is 54.1 Å². The molecule has 2 aliphatic rings. The summed E-state index contributed by atoms with van der Waals surface area (Å²) in [6.45, 7) is 1.86. The molecule has 0 saturated carbocycles. The molecule has 1 heterocycles. The average Bonchev–Trinajstić information content (AvgIpc) is 2.97. The molecular weight excluding hydrogens is 459 g/mol. The summed E-state index contributed by atoms with van der Waals surface area (Å²) in [5.74, 6) is -2.27. The Labute approximate surface area is 195 Å². The minimum atomic E-state index is -0.554. The fourth-order valence-electron chi connectivity index (χ4n) is 4.08. The summed E-state index contributed by atoms with van der Waals surface area (Å²) in [6, 6.07) is 11.4. The molecule has 1 aliphatic heterocycles. The van der Waals surface area contributed by atoms with Gasteiger partial charge in [0.15, 0.2) is 0 Å². The van der Waals surface area contributed by atoms with Gasteiger partial charge < -0.3 is 0 Å². The van der Waals surface area contributed by atoms with Gasteiger partial charge in [-0.1, -0.05) is 64.7 Å². The van der Waals surface area contributed by atoms with Gasteiger partial charge in [-0.05, 0) is 49.6 Å². The second-order valence-electron chi connectivity index (χ2n) is 7.77. The van der Waals surface area contributed by atoms with Gasteiger partial charge in [-0.25, -0.2) is 5.01 Å². The van der Waals surface area contributed by atoms with Crippen molar-refractivity contribution in [1.29, 1.82) is 0 Å². The molecule has 1 fully saturated rings. The van der Waals surface area contributed by atoms with Crippen molar-refractivity contribution in [3.63, 3.8) is 0 Å². The first-order valence-electron chi connectivity index (χ1n) is 9.81. The van der Waals surface area contributed by atoms with E-state index in [-0.39, 0.29) is 28.9 Å². The van der Waals surface area contributed by atoms with Crippen LogP contribution in [0.25, 0.3) is 0 Å². The van der Waals surface area contributed by atoms with Gasteiger partial charge in [0.05, 0.1) is 29.0 Å². The van der Waals surface area contributed by atoms with Gasteiger partial charge >= 0.3 is 0 Å². The maximum Gasteiger partial charge on any atom is 0.274 e. The number of hydrogen-bond acceptors (Lipinski definition) is 3. The number of fused-ring (bicyclic) bond motifs is 1. The number of benzene rings is 2. The Balaban J connectivity index is 1.75. The molecule has 2 aromatic carbocycles. The molecule has 8 heteroatoms. The first kappa shape index (κ1) is 21.9. The van der Waals surface area contributed by atoms with E-state index in [1.54, 1.807) is 42.5 Å². The van der Waals surface area contributed by atoms with Crippen LogP contribution in [0, 0.1) is 11.8 Å². The van der Waals surface area contributed by atoms with Gasteiger partial charge in [0.25, 0.3) is 17.7 Å². The monoisotopic (exact) mass is 476 g/mol. The van der Waals surface area contributed by atoms with E-state index in [0.717, 1.165) is 15.6 Å². The Kier molecular flexibility index (Phi) is 6.11. The molecule has 0 radical (unpaired) electrons. The van der Waals surface area contributed by atoms with E-state index in [4.69, 9.17) is 34.8 Å². The molecule has 1 saturated heterocycles. The highest BCUT2D eigenvalue weighted by Crippen LogP contribution is 2.39. The molecule has 4 rings (SSSR count). The van der Waals surface area contributed by atoms with E-state index in [1.165, 1.54) is 0 Å². The quantitative estimate of drug-likeness (QED) is 0.429. The van der Waals surface area contributed by atoms with E-state index in [1.807, 2.05) is 13.0 Å². The number of halogens is 3. The maximum atomic E-state index is 13.5. The Morgan fingerprint density at radius 2 is 1.74 bits per heavy atom. The Morgan fingerprint density at radius 3 is 2.45 bits per heavy atom. The summed E-state index contributed by atoms with van der Waals surface area (Å²) in [4.78, 5) is 40.0. The van der Waals surface area contributed by atoms with E-state index in [0.29, 0.717) is 28.5 Å². The van der Waals surface area contributed by atoms with Gasteiger partial charge in [0, 0.05) is 10.0 Å². The van der Waals surface area contributed by atoms with Crippen LogP contribution in [0.3, 0.4) is 0 Å². The standard InChI is InChI=1S/C23H19Cl3N2O3/c1-13-6-9-16-18(10-13)23(31)28(22(16)30)27(12-14-7-8-15(24)11-20(14)26)21(29)17-4-2-3-5-19(17)25/h2-8,11,16,18H,9-10,12H2,1H3/t16-,18+/m0/s1. The van der Waals surface area contributed by atoms with Crippen molar-refractivity contribution in [2.45, 2.75) is 26.3 Å². The SMILES string of the molecule is CC1=CC[C@@H]2C(=O)N(N(Cc3ccc(Cl)cc3Cl)C(=O)c3ccccc3Cl)C(=O)[C@@H]2C1. The van der Waals surface area contributed by atoms with Crippen LogP contribution in [-0.4, -0.2) is 27.7 Å². The smallest absolute Gasteiger partial charge is 0.272 e. The Bertz CT molecular complexity index is 1110. The number of hydrazine groups is 1. The lowest BCUT2D eigenvalue weighted by atomic mass is 9.82. The molecule has 0 spiro atoms. The Hall–Kier alpha value is -2.34. The van der Waals surface area contributed by atoms with Crippen molar-refractivity contribution in [1.82, 2.24) is 10.0 Å². The number of rotatable bonds is 4. The van der Waals surface area contributed by atoms with Gasteiger partial charge in [0.1, 0.15) is 0 Å². The zero-order chi connectivity index (χ0) is 22.3.